The molecule has 0 bridgehead atoms. The molecule has 0 radical (unpaired) electrons. The number of aryl methyl sites for hydroxylation is 1. The first-order chi connectivity index (χ1) is 9.70. The zero-order valence-corrected chi connectivity index (χ0v) is 11.8. The average Bonchev–Trinajstić information content (AvgIpc) is 2.84. The van der Waals surface area contributed by atoms with E-state index < -0.39 is 0 Å². The van der Waals surface area contributed by atoms with E-state index in [9.17, 15) is 4.39 Å². The summed E-state index contributed by atoms with van der Waals surface area (Å²) in [6, 6.07) is 4.56. The third-order valence-corrected chi connectivity index (χ3v) is 3.64. The van der Waals surface area contributed by atoms with Gasteiger partial charge >= 0.3 is 0 Å². The smallest absolute Gasteiger partial charge is 0.191 e. The lowest BCUT2D eigenvalue weighted by Crippen LogP contribution is -1.93. The van der Waals surface area contributed by atoms with Gasteiger partial charge in [-0.05, 0) is 17.7 Å². The molecule has 0 unspecified atom stereocenters. The number of hydrogen-bond acceptors (Lipinski definition) is 4. The summed E-state index contributed by atoms with van der Waals surface area (Å²) in [6.07, 6.45) is 2.02. The van der Waals surface area contributed by atoms with E-state index in [4.69, 9.17) is 5.11 Å². The molecule has 20 heavy (non-hydrogen) atoms. The van der Waals surface area contributed by atoms with Gasteiger partial charge in [0, 0.05) is 24.8 Å². The topological polar surface area (TPSA) is 50.9 Å². The first kappa shape index (κ1) is 14.6. The number of halogens is 1. The minimum atomic E-state index is -0.314. The van der Waals surface area contributed by atoms with Gasteiger partial charge in [0.15, 0.2) is 5.16 Å². The molecule has 104 valence electrons. The van der Waals surface area contributed by atoms with Crippen LogP contribution < -0.4 is 0 Å². The fourth-order valence-corrected chi connectivity index (χ4v) is 2.44. The van der Waals surface area contributed by atoms with Crippen LogP contribution in [0.5, 0.6) is 0 Å². The summed E-state index contributed by atoms with van der Waals surface area (Å²) in [6.45, 7) is 0.00530. The fourth-order valence-electron chi connectivity index (χ4n) is 1.55. The molecule has 1 N–H and O–H groups in total. The van der Waals surface area contributed by atoms with E-state index in [0.717, 1.165) is 10.7 Å². The molecule has 0 aliphatic heterocycles. The maximum atomic E-state index is 13.3. The SMILES string of the molecule is Cn1cnnc1SCc1ccc(F)cc1C#CCCO. The second kappa shape index (κ2) is 7.08. The average molecular weight is 291 g/mol. The van der Waals surface area contributed by atoms with Crippen LogP contribution in [0.2, 0.25) is 0 Å². The third kappa shape index (κ3) is 3.83. The highest BCUT2D eigenvalue weighted by atomic mass is 32.2. The number of nitrogens with zero attached hydrogens (tertiary/aromatic N) is 3. The molecule has 0 spiro atoms. The minimum absolute atomic E-state index is 0.00530. The van der Waals surface area contributed by atoms with Crippen molar-refractivity contribution < 1.29 is 9.50 Å². The molecule has 0 saturated heterocycles. The van der Waals surface area contributed by atoms with Gasteiger partial charge < -0.3 is 9.67 Å². The number of thioether (sulfide) groups is 1. The van der Waals surface area contributed by atoms with Gasteiger partial charge in [-0.15, -0.1) is 10.2 Å². The zero-order chi connectivity index (χ0) is 14.4. The van der Waals surface area contributed by atoms with E-state index in [0.29, 0.717) is 17.7 Å². The second-order valence-corrected chi connectivity index (χ2v) is 5.03. The number of hydrogen-bond donors (Lipinski definition) is 1. The molecule has 1 aromatic carbocycles. The van der Waals surface area contributed by atoms with Crippen LogP contribution in [0.4, 0.5) is 4.39 Å². The summed E-state index contributed by atoms with van der Waals surface area (Å²) in [5, 5.41) is 17.3. The lowest BCUT2D eigenvalue weighted by atomic mass is 10.1. The summed E-state index contributed by atoms with van der Waals surface area (Å²) in [4.78, 5) is 0. The molecule has 1 aromatic heterocycles. The Bertz CT molecular complexity index is 645. The Kier molecular flexibility index (Phi) is 5.16. The van der Waals surface area contributed by atoms with Crippen LogP contribution in [0.1, 0.15) is 17.5 Å². The lowest BCUT2D eigenvalue weighted by molar-refractivity contribution is 0.305. The van der Waals surface area contributed by atoms with Crippen molar-refractivity contribution in [2.75, 3.05) is 6.61 Å². The quantitative estimate of drug-likeness (QED) is 0.691. The van der Waals surface area contributed by atoms with Crippen molar-refractivity contribution in [2.45, 2.75) is 17.3 Å². The molecule has 0 amide bonds. The molecular formula is C14H14FN3OS. The van der Waals surface area contributed by atoms with Crippen LogP contribution >= 0.6 is 11.8 Å². The summed E-state index contributed by atoms with van der Waals surface area (Å²) >= 11 is 1.52. The highest BCUT2D eigenvalue weighted by molar-refractivity contribution is 7.98. The van der Waals surface area contributed by atoms with Crippen LogP contribution in [0.15, 0.2) is 29.7 Å². The number of aromatic nitrogens is 3. The fraction of sp³-hybridized carbons (Fsp3) is 0.286. The van der Waals surface area contributed by atoms with Crippen molar-refractivity contribution in [3.63, 3.8) is 0 Å². The number of aliphatic hydroxyl groups excluding tert-OH is 1. The molecule has 0 atom stereocenters. The largest absolute Gasteiger partial charge is 0.395 e. The van der Waals surface area contributed by atoms with Gasteiger partial charge in [0.1, 0.15) is 12.1 Å². The van der Waals surface area contributed by atoms with Gasteiger partial charge in [0.05, 0.1) is 6.61 Å². The second-order valence-electron chi connectivity index (χ2n) is 4.09. The molecule has 6 heteroatoms. The number of benzene rings is 1. The van der Waals surface area contributed by atoms with Gasteiger partial charge in [0.2, 0.25) is 0 Å². The number of aliphatic hydroxyl groups is 1. The van der Waals surface area contributed by atoms with Crippen molar-refractivity contribution in [1.82, 2.24) is 14.8 Å². The molecule has 4 nitrogen and oxygen atoms in total. The summed E-state index contributed by atoms with van der Waals surface area (Å²) in [5.41, 5.74) is 1.58. The molecule has 1 heterocycles. The van der Waals surface area contributed by atoms with Crippen molar-refractivity contribution in [3.05, 3.63) is 41.5 Å². The third-order valence-electron chi connectivity index (χ3n) is 2.56. The van der Waals surface area contributed by atoms with E-state index in [1.807, 2.05) is 11.6 Å². The summed E-state index contributed by atoms with van der Waals surface area (Å²) in [5.74, 6) is 6.03. The Balaban J connectivity index is 2.15. The minimum Gasteiger partial charge on any atom is -0.395 e. The van der Waals surface area contributed by atoms with Crippen molar-refractivity contribution in [1.29, 1.82) is 0 Å². The van der Waals surface area contributed by atoms with Crippen LogP contribution in [-0.4, -0.2) is 26.5 Å². The highest BCUT2D eigenvalue weighted by Crippen LogP contribution is 2.22. The van der Waals surface area contributed by atoms with E-state index in [-0.39, 0.29) is 12.4 Å². The van der Waals surface area contributed by atoms with Gasteiger partial charge in [-0.25, -0.2) is 4.39 Å². The van der Waals surface area contributed by atoms with Crippen molar-refractivity contribution in [3.8, 4) is 11.8 Å². The van der Waals surface area contributed by atoms with E-state index in [1.165, 1.54) is 23.9 Å². The Morgan fingerprint density at radius 3 is 3.00 bits per heavy atom. The van der Waals surface area contributed by atoms with Crippen molar-refractivity contribution in [2.24, 2.45) is 7.05 Å². The lowest BCUT2D eigenvalue weighted by Gasteiger charge is -2.04. The maximum absolute atomic E-state index is 13.3. The van der Waals surface area contributed by atoms with Gasteiger partial charge in [-0.1, -0.05) is 29.7 Å². The predicted molar refractivity (Wildman–Crippen MR) is 75.5 cm³/mol. The molecule has 0 aliphatic rings. The van der Waals surface area contributed by atoms with Crippen LogP contribution in [0.25, 0.3) is 0 Å². The normalized spacial score (nSPS) is 10.2. The maximum Gasteiger partial charge on any atom is 0.191 e. The van der Waals surface area contributed by atoms with Crippen LogP contribution in [0.3, 0.4) is 0 Å². The molecular weight excluding hydrogens is 277 g/mol. The van der Waals surface area contributed by atoms with Gasteiger partial charge in [-0.2, -0.15) is 0 Å². The first-order valence-electron chi connectivity index (χ1n) is 6.05. The zero-order valence-electron chi connectivity index (χ0n) is 11.0. The molecule has 2 rings (SSSR count). The Hall–Kier alpha value is -1.84. The van der Waals surface area contributed by atoms with Gasteiger partial charge in [-0.3, -0.25) is 0 Å². The molecule has 2 aromatic rings. The first-order valence-corrected chi connectivity index (χ1v) is 7.04. The van der Waals surface area contributed by atoms with Crippen LogP contribution in [0, 0.1) is 17.7 Å². The monoisotopic (exact) mass is 291 g/mol. The standard InChI is InChI=1S/C14H14FN3OS/c1-18-10-16-17-14(18)20-9-12-5-6-13(15)8-11(12)4-2-3-7-19/h5-6,8,10,19H,3,7,9H2,1H3. The molecule has 0 saturated carbocycles. The molecule has 0 fully saturated rings. The summed E-state index contributed by atoms with van der Waals surface area (Å²) in [7, 11) is 1.87. The Morgan fingerprint density at radius 1 is 1.45 bits per heavy atom. The summed E-state index contributed by atoms with van der Waals surface area (Å²) < 4.78 is 15.1. The molecule has 0 aliphatic carbocycles. The van der Waals surface area contributed by atoms with Crippen LogP contribution in [-0.2, 0) is 12.8 Å². The van der Waals surface area contributed by atoms with E-state index >= 15 is 0 Å². The Labute approximate surface area is 121 Å². The van der Waals surface area contributed by atoms with Crippen molar-refractivity contribution >= 4 is 11.8 Å². The Morgan fingerprint density at radius 2 is 2.30 bits per heavy atom. The highest BCUT2D eigenvalue weighted by Gasteiger charge is 2.06. The van der Waals surface area contributed by atoms with Gasteiger partial charge in [0.25, 0.3) is 0 Å². The van der Waals surface area contributed by atoms with E-state index in [2.05, 4.69) is 22.0 Å². The van der Waals surface area contributed by atoms with E-state index in [1.54, 1.807) is 12.4 Å². The number of rotatable bonds is 4. The predicted octanol–water partition coefficient (Wildman–Crippen LogP) is 1.98.